The van der Waals surface area contributed by atoms with Crippen molar-refractivity contribution >= 4 is 18.5 Å². The van der Waals surface area contributed by atoms with Gasteiger partial charge in [-0.05, 0) is 11.0 Å². The van der Waals surface area contributed by atoms with Crippen molar-refractivity contribution in [3.63, 3.8) is 0 Å². The van der Waals surface area contributed by atoms with Gasteiger partial charge in [-0.3, -0.25) is 4.79 Å². The fourth-order valence-corrected chi connectivity index (χ4v) is 1.17. The van der Waals surface area contributed by atoms with E-state index in [4.69, 9.17) is 10.0 Å². The first-order valence-corrected chi connectivity index (χ1v) is 4.29. The quantitative estimate of drug-likeness (QED) is 0.539. The first kappa shape index (κ1) is 10.8. The summed E-state index contributed by atoms with van der Waals surface area (Å²) in [6.07, 6.45) is 0. The fraction of sp³-hybridized carbons (Fsp3) is 0.222. The van der Waals surface area contributed by atoms with Gasteiger partial charge in [0.1, 0.15) is 0 Å². The molecule has 5 heteroatoms. The number of carbonyl (C=O) groups is 1. The van der Waals surface area contributed by atoms with Gasteiger partial charge in [-0.15, -0.1) is 0 Å². The highest BCUT2D eigenvalue weighted by molar-refractivity contribution is 6.59. The highest BCUT2D eigenvalue weighted by Gasteiger charge is 2.14. The number of amides is 1. The number of rotatable bonds is 3. The Labute approximate surface area is 82.7 Å². The van der Waals surface area contributed by atoms with Crippen LogP contribution < -0.4 is 10.8 Å². The van der Waals surface area contributed by atoms with Crippen molar-refractivity contribution in [2.45, 2.75) is 13.5 Å². The lowest BCUT2D eigenvalue weighted by molar-refractivity contribution is -0.119. The molecular weight excluding hydrogens is 181 g/mol. The van der Waals surface area contributed by atoms with E-state index in [0.29, 0.717) is 17.6 Å². The van der Waals surface area contributed by atoms with Gasteiger partial charge in [0.15, 0.2) is 0 Å². The predicted molar refractivity (Wildman–Crippen MR) is 53.8 cm³/mol. The highest BCUT2D eigenvalue weighted by atomic mass is 16.4. The maximum absolute atomic E-state index is 10.7. The summed E-state index contributed by atoms with van der Waals surface area (Å²) in [5, 5.41) is 20.6. The second-order valence-corrected chi connectivity index (χ2v) is 2.98. The zero-order chi connectivity index (χ0) is 10.6. The number of carbonyl (C=O) groups excluding carboxylic acids is 1. The van der Waals surface area contributed by atoms with Crippen LogP contribution in [0.1, 0.15) is 12.5 Å². The van der Waals surface area contributed by atoms with Crippen LogP contribution in [0.15, 0.2) is 24.3 Å². The van der Waals surface area contributed by atoms with Crippen LogP contribution in [0.3, 0.4) is 0 Å². The van der Waals surface area contributed by atoms with E-state index in [1.807, 2.05) is 0 Å². The molecule has 0 aliphatic carbocycles. The molecule has 1 aromatic rings. The lowest BCUT2D eigenvalue weighted by Crippen LogP contribution is -2.35. The van der Waals surface area contributed by atoms with Crippen molar-refractivity contribution in [3.05, 3.63) is 29.8 Å². The summed E-state index contributed by atoms with van der Waals surface area (Å²) in [7, 11) is -1.50. The average molecular weight is 193 g/mol. The van der Waals surface area contributed by atoms with Gasteiger partial charge in [-0.25, -0.2) is 0 Å². The SMILES string of the molecule is CC(=O)NCc1ccccc1B(O)O. The van der Waals surface area contributed by atoms with Crippen molar-refractivity contribution < 1.29 is 14.8 Å². The van der Waals surface area contributed by atoms with Gasteiger partial charge in [-0.1, -0.05) is 24.3 Å². The summed E-state index contributed by atoms with van der Waals surface area (Å²) in [6.45, 7) is 1.72. The normalized spacial score (nSPS) is 9.64. The Hall–Kier alpha value is -1.33. The minimum absolute atomic E-state index is 0.146. The van der Waals surface area contributed by atoms with Crippen LogP contribution in [0, 0.1) is 0 Å². The Morgan fingerprint density at radius 1 is 1.43 bits per heavy atom. The molecule has 3 N–H and O–H groups in total. The molecule has 4 nitrogen and oxygen atoms in total. The third-order valence-electron chi connectivity index (χ3n) is 1.86. The molecule has 0 atom stereocenters. The summed E-state index contributed by atoms with van der Waals surface area (Å²) < 4.78 is 0. The average Bonchev–Trinajstić information content (AvgIpc) is 2.15. The first-order valence-electron chi connectivity index (χ1n) is 4.29. The maximum Gasteiger partial charge on any atom is 0.488 e. The van der Waals surface area contributed by atoms with Crippen molar-refractivity contribution in [1.29, 1.82) is 0 Å². The lowest BCUT2D eigenvalue weighted by Gasteiger charge is -2.08. The topological polar surface area (TPSA) is 69.6 Å². The molecule has 1 aromatic carbocycles. The number of benzene rings is 1. The third-order valence-corrected chi connectivity index (χ3v) is 1.86. The highest BCUT2D eigenvalue weighted by Crippen LogP contribution is 1.96. The van der Waals surface area contributed by atoms with E-state index in [0.717, 1.165) is 0 Å². The molecule has 0 aromatic heterocycles. The molecule has 0 heterocycles. The Kier molecular flexibility index (Phi) is 3.68. The fourth-order valence-electron chi connectivity index (χ4n) is 1.17. The molecule has 1 amide bonds. The minimum atomic E-state index is -1.50. The van der Waals surface area contributed by atoms with E-state index < -0.39 is 7.12 Å². The van der Waals surface area contributed by atoms with Crippen molar-refractivity contribution in [2.75, 3.05) is 0 Å². The van der Waals surface area contributed by atoms with Crippen molar-refractivity contribution in [3.8, 4) is 0 Å². The second-order valence-electron chi connectivity index (χ2n) is 2.98. The Morgan fingerprint density at radius 2 is 2.07 bits per heavy atom. The molecule has 74 valence electrons. The summed E-state index contributed by atoms with van der Waals surface area (Å²) in [5.74, 6) is -0.146. The standard InChI is InChI=1S/C9H12BNO3/c1-7(12)11-6-8-4-2-3-5-9(8)10(13)14/h2-5,13-14H,6H2,1H3,(H,11,12). The summed E-state index contributed by atoms with van der Waals surface area (Å²) >= 11 is 0. The lowest BCUT2D eigenvalue weighted by atomic mass is 9.77. The molecule has 14 heavy (non-hydrogen) atoms. The van der Waals surface area contributed by atoms with Gasteiger partial charge in [-0.2, -0.15) is 0 Å². The third kappa shape index (κ3) is 2.87. The molecule has 0 radical (unpaired) electrons. The molecule has 0 spiro atoms. The minimum Gasteiger partial charge on any atom is -0.423 e. The monoisotopic (exact) mass is 193 g/mol. The van der Waals surface area contributed by atoms with Gasteiger partial charge in [0, 0.05) is 13.5 Å². The van der Waals surface area contributed by atoms with Gasteiger partial charge >= 0.3 is 7.12 Å². The molecule has 1 rings (SSSR count). The van der Waals surface area contributed by atoms with E-state index in [-0.39, 0.29) is 5.91 Å². The van der Waals surface area contributed by atoms with E-state index in [9.17, 15) is 4.79 Å². The predicted octanol–water partition coefficient (Wildman–Crippen LogP) is -0.997. The zero-order valence-electron chi connectivity index (χ0n) is 7.90. The Bertz CT molecular complexity index is 328. The molecule has 0 fully saturated rings. The molecular formula is C9H12BNO3. The van der Waals surface area contributed by atoms with Gasteiger partial charge < -0.3 is 15.4 Å². The molecule has 0 aliphatic heterocycles. The second kappa shape index (κ2) is 4.78. The van der Waals surface area contributed by atoms with E-state index in [2.05, 4.69) is 5.32 Å². The van der Waals surface area contributed by atoms with Gasteiger partial charge in [0.2, 0.25) is 5.91 Å². The Morgan fingerprint density at radius 3 is 2.64 bits per heavy atom. The van der Waals surface area contributed by atoms with Crippen LogP contribution in [-0.4, -0.2) is 23.1 Å². The number of nitrogens with one attached hydrogen (secondary N) is 1. The van der Waals surface area contributed by atoms with Crippen molar-refractivity contribution in [1.82, 2.24) is 5.32 Å². The van der Waals surface area contributed by atoms with Gasteiger partial charge in [0.05, 0.1) is 0 Å². The maximum atomic E-state index is 10.7. The molecule has 0 saturated heterocycles. The summed E-state index contributed by atoms with van der Waals surface area (Å²) in [5.41, 5.74) is 1.12. The summed E-state index contributed by atoms with van der Waals surface area (Å²) in [4.78, 5) is 10.7. The van der Waals surface area contributed by atoms with Crippen LogP contribution in [0.2, 0.25) is 0 Å². The zero-order valence-corrected chi connectivity index (χ0v) is 7.90. The number of hydrogen-bond acceptors (Lipinski definition) is 3. The molecule has 0 aliphatic rings. The molecule has 0 saturated carbocycles. The van der Waals surface area contributed by atoms with Crippen LogP contribution in [0.5, 0.6) is 0 Å². The van der Waals surface area contributed by atoms with E-state index in [1.54, 1.807) is 24.3 Å². The molecule has 0 unspecified atom stereocenters. The van der Waals surface area contributed by atoms with E-state index in [1.165, 1.54) is 6.92 Å². The molecule has 0 bridgehead atoms. The van der Waals surface area contributed by atoms with Crippen LogP contribution >= 0.6 is 0 Å². The largest absolute Gasteiger partial charge is 0.488 e. The van der Waals surface area contributed by atoms with E-state index >= 15 is 0 Å². The Balaban J connectivity index is 2.79. The van der Waals surface area contributed by atoms with Crippen molar-refractivity contribution in [2.24, 2.45) is 0 Å². The van der Waals surface area contributed by atoms with Gasteiger partial charge in [0.25, 0.3) is 0 Å². The van der Waals surface area contributed by atoms with Crippen LogP contribution in [0.25, 0.3) is 0 Å². The summed E-state index contributed by atoms with van der Waals surface area (Å²) in [6, 6.07) is 6.85. The smallest absolute Gasteiger partial charge is 0.423 e. The number of hydrogen-bond donors (Lipinski definition) is 3. The van der Waals surface area contributed by atoms with Crippen LogP contribution in [-0.2, 0) is 11.3 Å². The first-order chi connectivity index (χ1) is 6.61. The van der Waals surface area contributed by atoms with Crippen LogP contribution in [0.4, 0.5) is 0 Å².